The molecule has 0 bridgehead atoms. The Bertz CT molecular complexity index is 1480. The molecule has 2 heterocycles. The molecule has 0 aliphatic carbocycles. The third kappa shape index (κ3) is 3.15. The van der Waals surface area contributed by atoms with Crippen molar-refractivity contribution in [3.63, 3.8) is 0 Å². The van der Waals surface area contributed by atoms with Gasteiger partial charge in [-0.05, 0) is 49.7 Å². The molecular formula is C26H21NO4. The Hall–Kier alpha value is -3.99. The quantitative estimate of drug-likeness (QED) is 0.355. The molecule has 3 aromatic carbocycles. The third-order valence-corrected chi connectivity index (χ3v) is 5.46. The molecule has 0 radical (unpaired) electrons. The van der Waals surface area contributed by atoms with Crippen LogP contribution in [0, 0.1) is 6.92 Å². The number of ether oxygens (including phenoxy) is 1. The minimum Gasteiger partial charge on any atom is -0.506 e. The maximum atomic E-state index is 13.0. The topological polar surface area (TPSA) is 75.5 Å². The van der Waals surface area contributed by atoms with Crippen molar-refractivity contribution >= 4 is 21.9 Å². The van der Waals surface area contributed by atoms with Gasteiger partial charge >= 0.3 is 5.63 Å². The number of H-pyrrole nitrogens is 1. The van der Waals surface area contributed by atoms with Crippen LogP contribution in [0.2, 0.25) is 0 Å². The molecule has 0 saturated carbocycles. The van der Waals surface area contributed by atoms with E-state index in [1.54, 1.807) is 24.3 Å². The molecular weight excluding hydrogens is 390 g/mol. The molecule has 5 nitrogen and oxygen atoms in total. The zero-order valence-electron chi connectivity index (χ0n) is 17.2. The number of aromatic nitrogens is 1. The van der Waals surface area contributed by atoms with Crippen LogP contribution in [0.5, 0.6) is 11.5 Å². The van der Waals surface area contributed by atoms with Crippen LogP contribution < -0.4 is 10.4 Å². The number of aromatic amines is 1. The standard InChI is InChI=1S/C26H21NO4/c1-3-30-17-12-13-20-19(14-17)22(16-10-8-15(2)9-11-16)24(27-20)23-25(28)18-6-4-5-7-21(18)31-26(23)29/h4-14,27-28H,3H2,1-2H3. The summed E-state index contributed by atoms with van der Waals surface area (Å²) in [4.78, 5) is 16.3. The first-order chi connectivity index (χ1) is 15.1. The van der Waals surface area contributed by atoms with Crippen molar-refractivity contribution < 1.29 is 14.3 Å². The van der Waals surface area contributed by atoms with Gasteiger partial charge in [0.15, 0.2) is 0 Å². The van der Waals surface area contributed by atoms with Gasteiger partial charge in [0.2, 0.25) is 0 Å². The summed E-state index contributed by atoms with van der Waals surface area (Å²) in [5.74, 6) is 0.639. The van der Waals surface area contributed by atoms with Gasteiger partial charge in [0.05, 0.1) is 17.7 Å². The molecule has 2 N–H and O–H groups in total. The number of fused-ring (bicyclic) bond motifs is 2. The monoisotopic (exact) mass is 411 g/mol. The summed E-state index contributed by atoms with van der Waals surface area (Å²) >= 11 is 0. The Morgan fingerprint density at radius 1 is 0.968 bits per heavy atom. The van der Waals surface area contributed by atoms with E-state index in [1.807, 2.05) is 56.3 Å². The van der Waals surface area contributed by atoms with Crippen molar-refractivity contribution in [3.8, 4) is 33.9 Å². The number of hydrogen-bond acceptors (Lipinski definition) is 4. The molecule has 5 aromatic rings. The van der Waals surface area contributed by atoms with E-state index in [9.17, 15) is 9.90 Å². The fourth-order valence-corrected chi connectivity index (χ4v) is 3.99. The maximum Gasteiger partial charge on any atom is 0.349 e. The predicted octanol–water partition coefficient (Wildman–Crippen LogP) is 6.02. The summed E-state index contributed by atoms with van der Waals surface area (Å²) < 4.78 is 11.2. The van der Waals surface area contributed by atoms with Crippen molar-refractivity contribution in [1.29, 1.82) is 0 Å². The number of rotatable bonds is 4. The first-order valence-corrected chi connectivity index (χ1v) is 10.2. The van der Waals surface area contributed by atoms with E-state index in [4.69, 9.17) is 9.15 Å². The second-order valence-electron chi connectivity index (χ2n) is 7.49. The van der Waals surface area contributed by atoms with Crippen LogP contribution >= 0.6 is 0 Å². The molecule has 0 aliphatic rings. The molecule has 2 aromatic heterocycles. The van der Waals surface area contributed by atoms with Crippen LogP contribution in [0.4, 0.5) is 0 Å². The average Bonchev–Trinajstić information content (AvgIpc) is 3.13. The van der Waals surface area contributed by atoms with E-state index in [2.05, 4.69) is 4.98 Å². The zero-order valence-corrected chi connectivity index (χ0v) is 17.2. The predicted molar refractivity (Wildman–Crippen MR) is 123 cm³/mol. The minimum atomic E-state index is -0.596. The molecule has 0 amide bonds. The number of benzene rings is 3. The molecule has 0 saturated heterocycles. The van der Waals surface area contributed by atoms with E-state index in [1.165, 1.54) is 0 Å². The maximum absolute atomic E-state index is 13.0. The second-order valence-corrected chi connectivity index (χ2v) is 7.49. The van der Waals surface area contributed by atoms with Gasteiger partial charge in [-0.1, -0.05) is 42.0 Å². The second kappa shape index (κ2) is 7.36. The van der Waals surface area contributed by atoms with Gasteiger partial charge in [-0.2, -0.15) is 0 Å². The molecule has 0 spiro atoms. The van der Waals surface area contributed by atoms with Gasteiger partial charge in [0.25, 0.3) is 0 Å². The molecule has 31 heavy (non-hydrogen) atoms. The van der Waals surface area contributed by atoms with Gasteiger partial charge in [0.1, 0.15) is 22.6 Å². The van der Waals surface area contributed by atoms with Gasteiger partial charge < -0.3 is 19.2 Å². The molecule has 0 unspecified atom stereocenters. The molecule has 0 aliphatic heterocycles. The van der Waals surface area contributed by atoms with Crippen LogP contribution in [0.1, 0.15) is 12.5 Å². The van der Waals surface area contributed by atoms with Gasteiger partial charge in [-0.15, -0.1) is 0 Å². The highest BCUT2D eigenvalue weighted by molar-refractivity contribution is 6.06. The summed E-state index contributed by atoms with van der Waals surface area (Å²) in [7, 11) is 0. The summed E-state index contributed by atoms with van der Waals surface area (Å²) in [5, 5.41) is 12.4. The summed E-state index contributed by atoms with van der Waals surface area (Å²) in [6, 6.07) is 20.8. The Morgan fingerprint density at radius 2 is 1.74 bits per heavy atom. The smallest absolute Gasteiger partial charge is 0.349 e. The van der Waals surface area contributed by atoms with Gasteiger partial charge in [-0.25, -0.2) is 4.79 Å². The fourth-order valence-electron chi connectivity index (χ4n) is 3.99. The molecule has 5 rings (SSSR count). The van der Waals surface area contributed by atoms with E-state index in [0.717, 1.165) is 33.3 Å². The first kappa shape index (κ1) is 19.0. The first-order valence-electron chi connectivity index (χ1n) is 10.2. The molecule has 154 valence electrons. The van der Waals surface area contributed by atoms with Crippen molar-refractivity contribution in [1.82, 2.24) is 4.98 Å². The molecule has 0 atom stereocenters. The number of para-hydroxylation sites is 1. The molecule has 0 fully saturated rings. The van der Waals surface area contributed by atoms with Crippen molar-refractivity contribution in [3.05, 3.63) is 82.7 Å². The molecule has 5 heteroatoms. The largest absolute Gasteiger partial charge is 0.506 e. The van der Waals surface area contributed by atoms with Crippen LogP contribution in [-0.2, 0) is 0 Å². The average molecular weight is 411 g/mol. The van der Waals surface area contributed by atoms with Crippen LogP contribution in [-0.4, -0.2) is 16.7 Å². The van der Waals surface area contributed by atoms with Crippen molar-refractivity contribution in [2.24, 2.45) is 0 Å². The SMILES string of the molecule is CCOc1ccc2[nH]c(-c3c(O)c4ccccc4oc3=O)c(-c3ccc(C)cc3)c2c1. The Morgan fingerprint density at radius 3 is 2.52 bits per heavy atom. The van der Waals surface area contributed by atoms with Crippen molar-refractivity contribution in [2.75, 3.05) is 6.61 Å². The Balaban J connectivity index is 1.87. The van der Waals surface area contributed by atoms with Crippen LogP contribution in [0.3, 0.4) is 0 Å². The van der Waals surface area contributed by atoms with Crippen LogP contribution in [0.15, 0.2) is 75.9 Å². The number of nitrogens with one attached hydrogen (secondary N) is 1. The number of aromatic hydroxyl groups is 1. The number of hydrogen-bond donors (Lipinski definition) is 2. The van der Waals surface area contributed by atoms with E-state index in [0.29, 0.717) is 23.3 Å². The van der Waals surface area contributed by atoms with Gasteiger partial charge in [-0.3, -0.25) is 0 Å². The lowest BCUT2D eigenvalue weighted by Gasteiger charge is -2.09. The zero-order chi connectivity index (χ0) is 21.5. The highest BCUT2D eigenvalue weighted by Gasteiger charge is 2.23. The highest BCUT2D eigenvalue weighted by Crippen LogP contribution is 2.42. The summed E-state index contributed by atoms with van der Waals surface area (Å²) in [5.41, 5.74) is 4.09. The van der Waals surface area contributed by atoms with Crippen LogP contribution in [0.25, 0.3) is 44.3 Å². The lowest BCUT2D eigenvalue weighted by Crippen LogP contribution is -2.04. The summed E-state index contributed by atoms with van der Waals surface area (Å²) in [6.45, 7) is 4.51. The Labute approximate surface area is 178 Å². The summed E-state index contributed by atoms with van der Waals surface area (Å²) in [6.07, 6.45) is 0. The van der Waals surface area contributed by atoms with Gasteiger partial charge in [0, 0.05) is 16.5 Å². The minimum absolute atomic E-state index is 0.100. The normalized spacial score (nSPS) is 11.3. The fraction of sp³-hybridized carbons (Fsp3) is 0.115. The van der Waals surface area contributed by atoms with E-state index >= 15 is 0 Å². The van der Waals surface area contributed by atoms with E-state index in [-0.39, 0.29) is 11.3 Å². The number of aryl methyl sites for hydroxylation is 1. The lowest BCUT2D eigenvalue weighted by atomic mass is 9.97. The highest BCUT2D eigenvalue weighted by atomic mass is 16.5. The Kier molecular flexibility index (Phi) is 4.51. The third-order valence-electron chi connectivity index (χ3n) is 5.46. The lowest BCUT2D eigenvalue weighted by molar-refractivity contribution is 0.341. The van der Waals surface area contributed by atoms with Crippen molar-refractivity contribution in [2.45, 2.75) is 13.8 Å². The van der Waals surface area contributed by atoms with E-state index < -0.39 is 5.63 Å².